The molecule has 2 rings (SSSR count). The molecule has 1 aliphatic heterocycles. The number of hydrogen-bond acceptors (Lipinski definition) is 0. The van der Waals surface area contributed by atoms with Crippen LogP contribution in [-0.2, 0) is 0 Å². The fourth-order valence-corrected chi connectivity index (χ4v) is 9.68. The normalized spacial score (nSPS) is 30.2. The molecule has 0 aromatic carbocycles. The van der Waals surface area contributed by atoms with Crippen LogP contribution >= 0.6 is 22.6 Å². The molecule has 0 aromatic heterocycles. The molecule has 2 unspecified atom stereocenters. The Balaban J connectivity index is 1.65. The first-order valence-corrected chi connectivity index (χ1v) is 13.9. The molecule has 21 heavy (non-hydrogen) atoms. The Kier molecular flexibility index (Phi) is 9.26. The monoisotopic (exact) mass is 517 g/mol. The van der Waals surface area contributed by atoms with Crippen molar-refractivity contribution in [2.24, 2.45) is 29.6 Å². The average Bonchev–Trinajstić information content (AvgIpc) is 3.08. The Labute approximate surface area is 157 Å². The third-order valence-corrected chi connectivity index (χ3v) is 9.96. The van der Waals surface area contributed by atoms with Gasteiger partial charge in [0.2, 0.25) is 0 Å². The van der Waals surface area contributed by atoms with E-state index in [9.17, 15) is 0 Å². The summed E-state index contributed by atoms with van der Waals surface area (Å²) in [6.07, 6.45) is 13.7. The standard InChI is InChI=1S/C19H35I2/c1-15(11-17-5-3-4-6-17)7-8-18-13-21-14-19(18)12-16(2)9-10-20/h15-19H,3-14H2,1-2H3/q-1/t15-,16-,18?,19?/m1/s1. The first-order valence-electron chi connectivity index (χ1n) is 9.28. The van der Waals surface area contributed by atoms with E-state index < -0.39 is 0 Å². The van der Waals surface area contributed by atoms with Crippen LogP contribution in [0.2, 0.25) is 0 Å². The predicted octanol–water partition coefficient (Wildman–Crippen LogP) is 3.17. The van der Waals surface area contributed by atoms with Gasteiger partial charge >= 0.3 is 158 Å². The second-order valence-corrected chi connectivity index (χ2v) is 11.8. The van der Waals surface area contributed by atoms with Gasteiger partial charge in [0.15, 0.2) is 0 Å². The topological polar surface area (TPSA) is 0 Å². The molecule has 2 heteroatoms. The van der Waals surface area contributed by atoms with Crippen LogP contribution in [0.5, 0.6) is 0 Å². The number of alkyl halides is 3. The molecule has 1 saturated heterocycles. The molecule has 0 aromatic rings. The molecule has 1 heterocycles. The summed E-state index contributed by atoms with van der Waals surface area (Å²) in [5.41, 5.74) is 0. The van der Waals surface area contributed by atoms with Crippen molar-refractivity contribution >= 4 is 22.6 Å². The van der Waals surface area contributed by atoms with Gasteiger partial charge < -0.3 is 0 Å². The molecule has 0 amide bonds. The zero-order valence-corrected chi connectivity index (χ0v) is 18.4. The van der Waals surface area contributed by atoms with Crippen LogP contribution in [0.3, 0.4) is 0 Å². The first-order chi connectivity index (χ1) is 10.2. The van der Waals surface area contributed by atoms with Gasteiger partial charge in [-0.1, -0.05) is 0 Å². The molecule has 126 valence electrons. The molecule has 4 atom stereocenters. The number of hydrogen-bond donors (Lipinski definition) is 0. The van der Waals surface area contributed by atoms with E-state index in [0.29, 0.717) is 21.2 Å². The molecule has 0 spiro atoms. The maximum absolute atomic E-state index is 2.55. The summed E-state index contributed by atoms with van der Waals surface area (Å²) in [4.78, 5) is 0. The molecule has 1 saturated carbocycles. The van der Waals surface area contributed by atoms with Crippen LogP contribution < -0.4 is 21.2 Å². The molecule has 0 N–H and O–H groups in total. The van der Waals surface area contributed by atoms with Crippen LogP contribution in [-0.4, -0.2) is 13.3 Å². The second-order valence-electron chi connectivity index (χ2n) is 7.90. The van der Waals surface area contributed by atoms with Gasteiger partial charge in [0, 0.05) is 0 Å². The van der Waals surface area contributed by atoms with E-state index in [-0.39, 0.29) is 0 Å². The van der Waals surface area contributed by atoms with E-state index in [1.165, 1.54) is 49.4 Å². The van der Waals surface area contributed by atoms with Crippen molar-refractivity contribution < 1.29 is 21.2 Å². The van der Waals surface area contributed by atoms with Crippen molar-refractivity contribution in [1.29, 1.82) is 0 Å². The second kappa shape index (κ2) is 10.4. The third kappa shape index (κ3) is 6.84. The Hall–Kier alpha value is 1.46. The Morgan fingerprint density at radius 3 is 2.33 bits per heavy atom. The Bertz CT molecular complexity index is 273. The predicted molar refractivity (Wildman–Crippen MR) is 99.0 cm³/mol. The van der Waals surface area contributed by atoms with E-state index in [0.717, 1.165) is 29.6 Å². The van der Waals surface area contributed by atoms with Gasteiger partial charge in [0.05, 0.1) is 0 Å². The average molecular weight is 517 g/mol. The van der Waals surface area contributed by atoms with Crippen molar-refractivity contribution in [2.45, 2.75) is 71.6 Å². The summed E-state index contributed by atoms with van der Waals surface area (Å²) in [7, 11) is 0. The van der Waals surface area contributed by atoms with Crippen molar-refractivity contribution in [3.63, 3.8) is 0 Å². The van der Waals surface area contributed by atoms with Crippen molar-refractivity contribution in [1.82, 2.24) is 0 Å². The molecule has 2 fully saturated rings. The van der Waals surface area contributed by atoms with E-state index in [1.54, 1.807) is 21.7 Å². The summed E-state index contributed by atoms with van der Waals surface area (Å²) in [6, 6.07) is 0. The van der Waals surface area contributed by atoms with Gasteiger partial charge in [-0.2, -0.15) is 0 Å². The van der Waals surface area contributed by atoms with Crippen LogP contribution in [0.4, 0.5) is 0 Å². The Morgan fingerprint density at radius 1 is 0.952 bits per heavy atom. The SMILES string of the molecule is C[C@H](CCC1C[I-]CC1C[C@H](C)CCI)CC1CCCC1. The number of rotatable bonds is 9. The van der Waals surface area contributed by atoms with E-state index in [1.807, 2.05) is 0 Å². The molecule has 2 aliphatic rings. The van der Waals surface area contributed by atoms with E-state index >= 15 is 0 Å². The van der Waals surface area contributed by atoms with E-state index in [2.05, 4.69) is 36.4 Å². The molecule has 0 radical (unpaired) electrons. The van der Waals surface area contributed by atoms with Crippen LogP contribution in [0.25, 0.3) is 0 Å². The summed E-state index contributed by atoms with van der Waals surface area (Å²) < 4.78 is 4.65. The zero-order chi connectivity index (χ0) is 15.1. The summed E-state index contributed by atoms with van der Waals surface area (Å²) in [5.74, 6) is 5.32. The quantitative estimate of drug-likeness (QED) is 0.326. The van der Waals surface area contributed by atoms with Crippen LogP contribution in [0.15, 0.2) is 0 Å². The zero-order valence-electron chi connectivity index (χ0n) is 14.1. The minimum absolute atomic E-state index is 0.572. The van der Waals surface area contributed by atoms with Gasteiger partial charge in [-0.25, -0.2) is 0 Å². The van der Waals surface area contributed by atoms with Crippen molar-refractivity contribution in [2.75, 3.05) is 13.3 Å². The maximum atomic E-state index is 2.55. The van der Waals surface area contributed by atoms with Gasteiger partial charge in [-0.05, 0) is 0 Å². The van der Waals surface area contributed by atoms with E-state index in [4.69, 9.17) is 0 Å². The molecule has 1 aliphatic carbocycles. The minimum atomic E-state index is 0.572. The van der Waals surface area contributed by atoms with Crippen LogP contribution in [0, 0.1) is 29.6 Å². The molecule has 0 bridgehead atoms. The van der Waals surface area contributed by atoms with Gasteiger partial charge in [-0.15, -0.1) is 0 Å². The van der Waals surface area contributed by atoms with Crippen LogP contribution in [0.1, 0.15) is 71.6 Å². The van der Waals surface area contributed by atoms with Crippen molar-refractivity contribution in [3.05, 3.63) is 0 Å². The Morgan fingerprint density at radius 2 is 1.62 bits per heavy atom. The van der Waals surface area contributed by atoms with Gasteiger partial charge in [-0.3, -0.25) is 0 Å². The van der Waals surface area contributed by atoms with Crippen molar-refractivity contribution in [3.8, 4) is 0 Å². The summed E-state index contributed by atoms with van der Waals surface area (Å²) in [6.45, 7) is 5.03. The third-order valence-electron chi connectivity index (χ3n) is 5.83. The van der Waals surface area contributed by atoms with Gasteiger partial charge in [0.1, 0.15) is 0 Å². The molecular weight excluding hydrogens is 482 g/mol. The van der Waals surface area contributed by atoms with Gasteiger partial charge in [0.25, 0.3) is 0 Å². The summed E-state index contributed by atoms with van der Waals surface area (Å²) in [5, 5.41) is 0. The summed E-state index contributed by atoms with van der Waals surface area (Å²) >= 11 is 3.12. The molecular formula is C19H35I2-. The fraction of sp³-hybridized carbons (Fsp3) is 1.00. The first kappa shape index (κ1) is 18.8. The number of halogens is 2. The fourth-order valence-electron chi connectivity index (χ4n) is 4.42. The molecule has 0 nitrogen and oxygen atoms in total.